The highest BCUT2D eigenvalue weighted by Crippen LogP contribution is 2.21. The second-order valence-electron chi connectivity index (χ2n) is 3.32. The Morgan fingerprint density at radius 3 is 2.93 bits per heavy atom. The Balaban J connectivity index is 2.62. The minimum Gasteiger partial charge on any atom is -0.335 e. The Kier molecular flexibility index (Phi) is 2.44. The van der Waals surface area contributed by atoms with Gasteiger partial charge in [-0.25, -0.2) is 13.4 Å². The molecular weight excluding hydrogens is 236 g/mol. The van der Waals surface area contributed by atoms with Crippen molar-refractivity contribution in [3.05, 3.63) is 30.1 Å². The molecule has 0 atom stereocenters. The SMILES string of the molecule is Cn1cc(CS(=O)(=O)Cl)c2cccnc21. The first-order chi connectivity index (χ1) is 6.97. The molecule has 0 radical (unpaired) electrons. The maximum atomic E-state index is 11.0. The third kappa shape index (κ3) is 2.13. The smallest absolute Gasteiger partial charge is 0.236 e. The molecular formula is C9H9ClN2O2S. The van der Waals surface area contributed by atoms with Crippen LogP contribution in [0.25, 0.3) is 11.0 Å². The van der Waals surface area contributed by atoms with Crippen LogP contribution in [-0.4, -0.2) is 18.0 Å². The Hall–Kier alpha value is -1.07. The first-order valence-corrected chi connectivity index (χ1v) is 6.76. The van der Waals surface area contributed by atoms with E-state index >= 15 is 0 Å². The van der Waals surface area contributed by atoms with Crippen LogP contribution in [0.4, 0.5) is 0 Å². The monoisotopic (exact) mass is 244 g/mol. The summed E-state index contributed by atoms with van der Waals surface area (Å²) in [4.78, 5) is 4.16. The molecule has 15 heavy (non-hydrogen) atoms. The maximum Gasteiger partial charge on any atom is 0.236 e. The van der Waals surface area contributed by atoms with Gasteiger partial charge in [-0.3, -0.25) is 0 Å². The van der Waals surface area contributed by atoms with Gasteiger partial charge < -0.3 is 4.57 Å². The van der Waals surface area contributed by atoms with Crippen LogP contribution in [0.2, 0.25) is 0 Å². The highest BCUT2D eigenvalue weighted by atomic mass is 35.7. The predicted octanol–water partition coefficient (Wildman–Crippen LogP) is 1.64. The van der Waals surface area contributed by atoms with Crippen LogP contribution in [0.3, 0.4) is 0 Å². The van der Waals surface area contributed by atoms with E-state index in [4.69, 9.17) is 10.7 Å². The molecule has 0 aliphatic carbocycles. The second-order valence-corrected chi connectivity index (χ2v) is 6.10. The van der Waals surface area contributed by atoms with Gasteiger partial charge in [-0.15, -0.1) is 0 Å². The Bertz CT molecular complexity index is 604. The highest BCUT2D eigenvalue weighted by Gasteiger charge is 2.13. The third-order valence-corrected chi connectivity index (χ3v) is 3.13. The summed E-state index contributed by atoms with van der Waals surface area (Å²) < 4.78 is 23.8. The van der Waals surface area contributed by atoms with Crippen LogP contribution in [0.1, 0.15) is 5.56 Å². The van der Waals surface area contributed by atoms with Gasteiger partial charge in [0.15, 0.2) is 0 Å². The van der Waals surface area contributed by atoms with Crippen molar-refractivity contribution in [2.45, 2.75) is 5.75 Å². The normalized spacial score (nSPS) is 12.1. The zero-order chi connectivity index (χ0) is 11.1. The van der Waals surface area contributed by atoms with Crippen molar-refractivity contribution in [1.82, 2.24) is 9.55 Å². The van der Waals surface area contributed by atoms with Crippen molar-refractivity contribution in [2.24, 2.45) is 7.05 Å². The van der Waals surface area contributed by atoms with Gasteiger partial charge in [0.05, 0.1) is 5.75 Å². The molecule has 0 saturated carbocycles. The second kappa shape index (κ2) is 3.50. The molecule has 0 saturated heterocycles. The third-order valence-electron chi connectivity index (χ3n) is 2.14. The van der Waals surface area contributed by atoms with E-state index in [2.05, 4.69) is 4.98 Å². The summed E-state index contributed by atoms with van der Waals surface area (Å²) in [6.07, 6.45) is 3.40. The standard InChI is InChI=1S/C9H9ClN2O2S/c1-12-5-7(6-15(10,13)14)8-3-2-4-11-9(8)12/h2-5H,6H2,1H3. The summed E-state index contributed by atoms with van der Waals surface area (Å²) in [7, 11) is 3.51. The fraction of sp³-hybridized carbons (Fsp3) is 0.222. The van der Waals surface area contributed by atoms with Crippen LogP contribution < -0.4 is 0 Å². The Morgan fingerprint density at radius 2 is 2.27 bits per heavy atom. The molecule has 0 bridgehead atoms. The number of halogens is 1. The van der Waals surface area contributed by atoms with Crippen LogP contribution in [0.15, 0.2) is 24.5 Å². The average molecular weight is 245 g/mol. The predicted molar refractivity (Wildman–Crippen MR) is 59.2 cm³/mol. The average Bonchev–Trinajstić information content (AvgIpc) is 2.42. The topological polar surface area (TPSA) is 52.0 Å². The van der Waals surface area contributed by atoms with Crippen LogP contribution in [0, 0.1) is 0 Å². The number of aromatic nitrogens is 2. The van der Waals surface area contributed by atoms with Gasteiger partial charge in [0, 0.05) is 35.5 Å². The summed E-state index contributed by atoms with van der Waals surface area (Å²) in [5.41, 5.74) is 1.43. The maximum absolute atomic E-state index is 11.0. The van der Waals surface area contributed by atoms with Crippen molar-refractivity contribution < 1.29 is 8.42 Å². The van der Waals surface area contributed by atoms with E-state index in [0.717, 1.165) is 11.0 Å². The van der Waals surface area contributed by atoms with E-state index in [1.165, 1.54) is 0 Å². The summed E-state index contributed by atoms with van der Waals surface area (Å²) in [5, 5.41) is 0.823. The number of fused-ring (bicyclic) bond motifs is 1. The largest absolute Gasteiger partial charge is 0.335 e. The molecule has 0 unspecified atom stereocenters. The lowest BCUT2D eigenvalue weighted by Crippen LogP contribution is -1.93. The molecule has 80 valence electrons. The van der Waals surface area contributed by atoms with E-state index < -0.39 is 9.05 Å². The molecule has 2 rings (SSSR count). The number of hydrogen-bond acceptors (Lipinski definition) is 3. The lowest BCUT2D eigenvalue weighted by atomic mass is 10.2. The molecule has 0 amide bonds. The number of pyridine rings is 1. The molecule has 6 heteroatoms. The van der Waals surface area contributed by atoms with E-state index in [9.17, 15) is 8.42 Å². The molecule has 2 aromatic heterocycles. The molecule has 0 N–H and O–H groups in total. The van der Waals surface area contributed by atoms with Crippen LogP contribution in [0.5, 0.6) is 0 Å². The van der Waals surface area contributed by atoms with Crippen molar-refractivity contribution in [2.75, 3.05) is 0 Å². The van der Waals surface area contributed by atoms with Gasteiger partial charge in [0.2, 0.25) is 9.05 Å². The molecule has 4 nitrogen and oxygen atoms in total. The van der Waals surface area contributed by atoms with E-state index in [1.54, 1.807) is 23.0 Å². The zero-order valence-corrected chi connectivity index (χ0v) is 9.59. The molecule has 0 fully saturated rings. The Labute approximate surface area is 91.9 Å². The molecule has 0 aliphatic rings. The van der Waals surface area contributed by atoms with Gasteiger partial charge in [-0.05, 0) is 17.7 Å². The minimum absolute atomic E-state index is 0.169. The zero-order valence-electron chi connectivity index (χ0n) is 8.01. The molecule has 2 aromatic rings. The first kappa shape index (κ1) is 10.4. The molecule has 0 spiro atoms. The van der Waals surface area contributed by atoms with Gasteiger partial charge in [0.25, 0.3) is 0 Å². The lowest BCUT2D eigenvalue weighted by molar-refractivity contribution is 0.609. The fourth-order valence-electron chi connectivity index (χ4n) is 1.59. The van der Waals surface area contributed by atoms with Gasteiger partial charge >= 0.3 is 0 Å². The molecule has 0 aromatic carbocycles. The highest BCUT2D eigenvalue weighted by molar-refractivity contribution is 8.13. The van der Waals surface area contributed by atoms with Gasteiger partial charge in [-0.2, -0.15) is 0 Å². The van der Waals surface area contributed by atoms with Crippen LogP contribution in [-0.2, 0) is 21.9 Å². The number of rotatable bonds is 2. The summed E-state index contributed by atoms with van der Waals surface area (Å²) in [5.74, 6) is -0.169. The van der Waals surface area contributed by atoms with Crippen molar-refractivity contribution in [3.8, 4) is 0 Å². The number of hydrogen-bond donors (Lipinski definition) is 0. The fourth-order valence-corrected chi connectivity index (χ4v) is 2.55. The number of nitrogens with zero attached hydrogens (tertiary/aromatic N) is 2. The summed E-state index contributed by atoms with van der Waals surface area (Å²) >= 11 is 0. The first-order valence-electron chi connectivity index (χ1n) is 4.28. The summed E-state index contributed by atoms with van der Waals surface area (Å²) in [6, 6.07) is 3.60. The van der Waals surface area contributed by atoms with Crippen molar-refractivity contribution >= 4 is 30.8 Å². The van der Waals surface area contributed by atoms with Crippen LogP contribution >= 0.6 is 10.7 Å². The van der Waals surface area contributed by atoms with Gasteiger partial charge in [-0.1, -0.05) is 0 Å². The van der Waals surface area contributed by atoms with E-state index in [0.29, 0.717) is 5.56 Å². The Morgan fingerprint density at radius 1 is 1.53 bits per heavy atom. The minimum atomic E-state index is -3.52. The quantitative estimate of drug-likeness (QED) is 0.755. The molecule has 2 heterocycles. The summed E-state index contributed by atoms with van der Waals surface area (Å²) in [6.45, 7) is 0. The van der Waals surface area contributed by atoms with Gasteiger partial charge in [0.1, 0.15) is 5.65 Å². The van der Waals surface area contributed by atoms with E-state index in [-0.39, 0.29) is 5.75 Å². The van der Waals surface area contributed by atoms with Crippen molar-refractivity contribution in [3.63, 3.8) is 0 Å². The van der Waals surface area contributed by atoms with E-state index in [1.807, 2.05) is 13.1 Å². The van der Waals surface area contributed by atoms with Crippen molar-refractivity contribution in [1.29, 1.82) is 0 Å². The molecule has 0 aliphatic heterocycles. The lowest BCUT2D eigenvalue weighted by Gasteiger charge is -1.94. The number of aryl methyl sites for hydroxylation is 1.